The van der Waals surface area contributed by atoms with Crippen molar-refractivity contribution in [3.05, 3.63) is 41.5 Å². The second-order valence-electron chi connectivity index (χ2n) is 4.31. The fraction of sp³-hybridized carbons (Fsp3) is 0.400. The molecule has 0 spiro atoms. The zero-order valence-electron chi connectivity index (χ0n) is 10.5. The SMILES string of the molecule is CCC(C)c1ccc(/C=C/CCC(=O)O)cc1. The maximum Gasteiger partial charge on any atom is 0.303 e. The van der Waals surface area contributed by atoms with Crippen LogP contribution in [0.4, 0.5) is 0 Å². The molecule has 1 atom stereocenters. The number of rotatable bonds is 6. The normalized spacial score (nSPS) is 12.8. The molecule has 1 N–H and O–H groups in total. The highest BCUT2D eigenvalue weighted by Crippen LogP contribution is 2.19. The summed E-state index contributed by atoms with van der Waals surface area (Å²) >= 11 is 0. The summed E-state index contributed by atoms with van der Waals surface area (Å²) in [7, 11) is 0. The monoisotopic (exact) mass is 232 g/mol. The van der Waals surface area contributed by atoms with E-state index in [1.54, 1.807) is 0 Å². The van der Waals surface area contributed by atoms with Crippen LogP contribution in [0.15, 0.2) is 30.3 Å². The van der Waals surface area contributed by atoms with E-state index in [1.165, 1.54) is 5.56 Å². The second-order valence-corrected chi connectivity index (χ2v) is 4.31. The van der Waals surface area contributed by atoms with Gasteiger partial charge < -0.3 is 5.11 Å². The number of carboxylic acid groups (broad SMARTS) is 1. The number of carbonyl (C=O) groups is 1. The maximum atomic E-state index is 10.3. The summed E-state index contributed by atoms with van der Waals surface area (Å²) in [5.74, 6) is -0.151. The van der Waals surface area contributed by atoms with E-state index in [9.17, 15) is 4.79 Å². The first-order valence-corrected chi connectivity index (χ1v) is 6.11. The van der Waals surface area contributed by atoms with Crippen LogP contribution in [0.5, 0.6) is 0 Å². The Bertz CT molecular complexity index is 376. The van der Waals surface area contributed by atoms with E-state index in [-0.39, 0.29) is 6.42 Å². The van der Waals surface area contributed by atoms with Crippen LogP contribution in [-0.4, -0.2) is 11.1 Å². The van der Waals surface area contributed by atoms with Crippen LogP contribution in [0.2, 0.25) is 0 Å². The Morgan fingerprint density at radius 3 is 2.53 bits per heavy atom. The Balaban J connectivity index is 2.53. The summed E-state index contributed by atoms with van der Waals surface area (Å²) in [4.78, 5) is 10.3. The third-order valence-corrected chi connectivity index (χ3v) is 2.95. The molecule has 0 bridgehead atoms. The van der Waals surface area contributed by atoms with E-state index >= 15 is 0 Å². The van der Waals surface area contributed by atoms with E-state index in [1.807, 2.05) is 12.2 Å². The molecule has 0 aromatic heterocycles. The fourth-order valence-corrected chi connectivity index (χ4v) is 1.60. The molecular formula is C15H20O2. The summed E-state index contributed by atoms with van der Waals surface area (Å²) < 4.78 is 0. The Morgan fingerprint density at radius 2 is 2.00 bits per heavy atom. The average molecular weight is 232 g/mol. The molecule has 0 aliphatic carbocycles. The number of carboxylic acids is 1. The number of benzene rings is 1. The third-order valence-electron chi connectivity index (χ3n) is 2.95. The molecule has 2 nitrogen and oxygen atoms in total. The van der Waals surface area contributed by atoms with Crippen LogP contribution >= 0.6 is 0 Å². The van der Waals surface area contributed by atoms with Gasteiger partial charge in [0.05, 0.1) is 0 Å². The first kappa shape index (κ1) is 13.5. The zero-order chi connectivity index (χ0) is 12.7. The molecule has 0 fully saturated rings. The van der Waals surface area contributed by atoms with Gasteiger partial charge in [0.2, 0.25) is 0 Å². The predicted octanol–water partition coefficient (Wildman–Crippen LogP) is 4.08. The van der Waals surface area contributed by atoms with E-state index in [4.69, 9.17) is 5.11 Å². The van der Waals surface area contributed by atoms with Crippen molar-refractivity contribution in [2.75, 3.05) is 0 Å². The second kappa shape index (κ2) is 6.89. The van der Waals surface area contributed by atoms with Crippen LogP contribution in [-0.2, 0) is 4.79 Å². The largest absolute Gasteiger partial charge is 0.481 e. The highest BCUT2D eigenvalue weighted by Gasteiger charge is 2.01. The summed E-state index contributed by atoms with van der Waals surface area (Å²) in [6, 6.07) is 8.45. The smallest absolute Gasteiger partial charge is 0.303 e. The highest BCUT2D eigenvalue weighted by molar-refractivity contribution is 5.67. The van der Waals surface area contributed by atoms with Gasteiger partial charge >= 0.3 is 5.97 Å². The van der Waals surface area contributed by atoms with E-state index in [2.05, 4.69) is 38.1 Å². The molecule has 0 saturated carbocycles. The van der Waals surface area contributed by atoms with Crippen molar-refractivity contribution in [3.8, 4) is 0 Å². The minimum atomic E-state index is -0.748. The molecule has 1 aromatic rings. The number of hydrogen-bond acceptors (Lipinski definition) is 1. The Morgan fingerprint density at radius 1 is 1.35 bits per heavy atom. The summed E-state index contributed by atoms with van der Waals surface area (Å²) in [6.07, 6.45) is 5.81. The lowest BCUT2D eigenvalue weighted by Crippen LogP contribution is -1.91. The molecule has 0 heterocycles. The Kier molecular flexibility index (Phi) is 5.47. The lowest BCUT2D eigenvalue weighted by atomic mass is 9.97. The van der Waals surface area contributed by atoms with Crippen molar-refractivity contribution in [2.24, 2.45) is 0 Å². The third kappa shape index (κ3) is 4.85. The number of aliphatic carboxylic acids is 1. The van der Waals surface area contributed by atoms with Gasteiger partial charge in [-0.15, -0.1) is 0 Å². The topological polar surface area (TPSA) is 37.3 Å². The van der Waals surface area contributed by atoms with Gasteiger partial charge in [0.25, 0.3) is 0 Å². The molecule has 0 aliphatic heterocycles. The molecule has 1 unspecified atom stereocenters. The fourth-order valence-electron chi connectivity index (χ4n) is 1.60. The van der Waals surface area contributed by atoms with Crippen LogP contribution in [0.25, 0.3) is 6.08 Å². The predicted molar refractivity (Wildman–Crippen MR) is 71.1 cm³/mol. The molecule has 0 amide bonds. The summed E-state index contributed by atoms with van der Waals surface area (Å²) in [5, 5.41) is 8.50. The Labute approximate surface area is 103 Å². The lowest BCUT2D eigenvalue weighted by Gasteiger charge is -2.08. The molecule has 0 aliphatic rings. The van der Waals surface area contributed by atoms with Crippen molar-refractivity contribution >= 4 is 12.0 Å². The standard InChI is InChI=1S/C15H20O2/c1-3-12(2)14-10-8-13(9-11-14)6-4-5-7-15(16)17/h4,6,8-12H,3,5,7H2,1-2H3,(H,16,17)/b6-4+. The van der Waals surface area contributed by atoms with Crippen LogP contribution in [0.3, 0.4) is 0 Å². The molecule has 2 heteroatoms. The van der Waals surface area contributed by atoms with Gasteiger partial charge in [-0.25, -0.2) is 0 Å². The first-order valence-electron chi connectivity index (χ1n) is 6.11. The average Bonchev–Trinajstić information content (AvgIpc) is 2.34. The minimum Gasteiger partial charge on any atom is -0.481 e. The van der Waals surface area contributed by atoms with Gasteiger partial charge in [0.15, 0.2) is 0 Å². The van der Waals surface area contributed by atoms with Crippen molar-refractivity contribution in [3.63, 3.8) is 0 Å². The van der Waals surface area contributed by atoms with Gasteiger partial charge in [-0.05, 0) is 29.9 Å². The Hall–Kier alpha value is -1.57. The van der Waals surface area contributed by atoms with Crippen molar-refractivity contribution in [1.82, 2.24) is 0 Å². The van der Waals surface area contributed by atoms with Gasteiger partial charge in [-0.2, -0.15) is 0 Å². The van der Waals surface area contributed by atoms with Crippen molar-refractivity contribution in [1.29, 1.82) is 0 Å². The molecule has 1 aromatic carbocycles. The lowest BCUT2D eigenvalue weighted by molar-refractivity contribution is -0.136. The van der Waals surface area contributed by atoms with Gasteiger partial charge in [-0.3, -0.25) is 4.79 Å². The van der Waals surface area contributed by atoms with Crippen LogP contribution < -0.4 is 0 Å². The molecule has 0 radical (unpaired) electrons. The molecule has 1 rings (SSSR count). The quantitative estimate of drug-likeness (QED) is 0.802. The minimum absolute atomic E-state index is 0.196. The highest BCUT2D eigenvalue weighted by atomic mass is 16.4. The summed E-state index contributed by atoms with van der Waals surface area (Å²) in [6.45, 7) is 4.40. The van der Waals surface area contributed by atoms with Gasteiger partial charge in [-0.1, -0.05) is 50.3 Å². The van der Waals surface area contributed by atoms with Crippen LogP contribution in [0, 0.1) is 0 Å². The number of allylic oxidation sites excluding steroid dienone is 1. The maximum absolute atomic E-state index is 10.3. The number of hydrogen-bond donors (Lipinski definition) is 1. The first-order chi connectivity index (χ1) is 8.13. The van der Waals surface area contributed by atoms with E-state index < -0.39 is 5.97 Å². The van der Waals surface area contributed by atoms with Gasteiger partial charge in [0, 0.05) is 6.42 Å². The van der Waals surface area contributed by atoms with E-state index in [0.29, 0.717) is 12.3 Å². The van der Waals surface area contributed by atoms with E-state index in [0.717, 1.165) is 12.0 Å². The van der Waals surface area contributed by atoms with Gasteiger partial charge in [0.1, 0.15) is 0 Å². The molecular weight excluding hydrogens is 212 g/mol. The van der Waals surface area contributed by atoms with Crippen molar-refractivity contribution < 1.29 is 9.90 Å². The molecule has 0 saturated heterocycles. The summed E-state index contributed by atoms with van der Waals surface area (Å²) in [5.41, 5.74) is 2.48. The van der Waals surface area contributed by atoms with Crippen LogP contribution in [0.1, 0.15) is 50.2 Å². The van der Waals surface area contributed by atoms with Crippen molar-refractivity contribution in [2.45, 2.75) is 39.0 Å². The molecule has 17 heavy (non-hydrogen) atoms. The molecule has 92 valence electrons. The zero-order valence-corrected chi connectivity index (χ0v) is 10.5.